The van der Waals surface area contributed by atoms with Crippen LogP contribution in [0, 0.1) is 0 Å². The summed E-state index contributed by atoms with van der Waals surface area (Å²) in [4.78, 5) is 13.4. The molecule has 0 saturated carbocycles. The van der Waals surface area contributed by atoms with Crippen molar-refractivity contribution in [3.05, 3.63) is 0 Å². The Bertz CT molecular complexity index is 214. The van der Waals surface area contributed by atoms with E-state index >= 15 is 0 Å². The van der Waals surface area contributed by atoms with E-state index in [0.717, 1.165) is 25.9 Å². The van der Waals surface area contributed by atoms with E-state index in [4.69, 9.17) is 14.6 Å². The molecule has 0 radical (unpaired) electrons. The minimum atomic E-state index is -0.185. The van der Waals surface area contributed by atoms with E-state index in [0.29, 0.717) is 6.61 Å². The number of methoxy groups -OCH3 is 1. The van der Waals surface area contributed by atoms with E-state index in [1.54, 1.807) is 0 Å². The molecule has 0 aromatic heterocycles. The smallest absolute Gasteiger partial charge is 0.322 e. The van der Waals surface area contributed by atoms with Gasteiger partial charge >= 0.3 is 5.97 Å². The van der Waals surface area contributed by atoms with Gasteiger partial charge in [-0.1, -0.05) is 0 Å². The number of aliphatic hydroxyl groups is 1. The van der Waals surface area contributed by atoms with Crippen LogP contribution in [0.4, 0.5) is 0 Å². The zero-order valence-corrected chi connectivity index (χ0v) is 10.0. The topological polar surface area (TPSA) is 59.0 Å². The van der Waals surface area contributed by atoms with Gasteiger partial charge in [0, 0.05) is 13.1 Å². The first-order valence-corrected chi connectivity index (χ1v) is 5.73. The fourth-order valence-electron chi connectivity index (χ4n) is 1.97. The molecule has 0 bridgehead atoms. The van der Waals surface area contributed by atoms with Crippen molar-refractivity contribution in [3.8, 4) is 0 Å². The number of hydrogen-bond acceptors (Lipinski definition) is 5. The monoisotopic (exact) mass is 231 g/mol. The van der Waals surface area contributed by atoms with Crippen LogP contribution in [0.5, 0.6) is 0 Å². The van der Waals surface area contributed by atoms with Gasteiger partial charge in [-0.3, -0.25) is 9.69 Å². The third-order valence-electron chi connectivity index (χ3n) is 3.01. The molecule has 1 aliphatic rings. The molecule has 1 rings (SSSR count). The van der Waals surface area contributed by atoms with Crippen LogP contribution < -0.4 is 0 Å². The SMILES string of the molecule is COC(=O)C(C)N1CCC(OCCO)CC1. The minimum absolute atomic E-state index is 0.0682. The van der Waals surface area contributed by atoms with Crippen LogP contribution in [-0.2, 0) is 14.3 Å². The third-order valence-corrected chi connectivity index (χ3v) is 3.01. The van der Waals surface area contributed by atoms with Gasteiger partial charge in [-0.25, -0.2) is 0 Å². The molecular weight excluding hydrogens is 210 g/mol. The maximum Gasteiger partial charge on any atom is 0.322 e. The van der Waals surface area contributed by atoms with Gasteiger partial charge in [0.05, 0.1) is 26.4 Å². The number of likely N-dealkylation sites (tertiary alicyclic amines) is 1. The average molecular weight is 231 g/mol. The van der Waals surface area contributed by atoms with Gasteiger partial charge < -0.3 is 14.6 Å². The number of rotatable bonds is 5. The lowest BCUT2D eigenvalue weighted by Gasteiger charge is -2.34. The van der Waals surface area contributed by atoms with Crippen molar-refractivity contribution in [1.82, 2.24) is 4.90 Å². The summed E-state index contributed by atoms with van der Waals surface area (Å²) >= 11 is 0. The molecule has 0 aliphatic carbocycles. The highest BCUT2D eigenvalue weighted by Gasteiger charge is 2.27. The number of ether oxygens (including phenoxy) is 2. The van der Waals surface area contributed by atoms with E-state index in [-0.39, 0.29) is 24.7 Å². The van der Waals surface area contributed by atoms with E-state index in [1.807, 2.05) is 6.92 Å². The highest BCUT2D eigenvalue weighted by atomic mass is 16.5. The number of nitrogens with zero attached hydrogens (tertiary/aromatic N) is 1. The number of carbonyl (C=O) groups is 1. The minimum Gasteiger partial charge on any atom is -0.468 e. The second kappa shape index (κ2) is 6.83. The normalized spacial score (nSPS) is 20.7. The van der Waals surface area contributed by atoms with Crippen LogP contribution >= 0.6 is 0 Å². The van der Waals surface area contributed by atoms with Crippen molar-refractivity contribution in [1.29, 1.82) is 0 Å². The Kier molecular flexibility index (Phi) is 5.73. The zero-order chi connectivity index (χ0) is 12.0. The molecule has 1 atom stereocenters. The molecule has 94 valence electrons. The van der Waals surface area contributed by atoms with E-state index < -0.39 is 0 Å². The highest BCUT2D eigenvalue weighted by molar-refractivity contribution is 5.75. The van der Waals surface area contributed by atoms with Crippen molar-refractivity contribution in [2.75, 3.05) is 33.4 Å². The van der Waals surface area contributed by atoms with Crippen LogP contribution in [0.15, 0.2) is 0 Å². The second-order valence-electron chi connectivity index (χ2n) is 4.03. The Morgan fingerprint density at radius 3 is 2.62 bits per heavy atom. The molecule has 1 fully saturated rings. The molecular formula is C11H21NO4. The van der Waals surface area contributed by atoms with Crippen molar-refractivity contribution in [2.24, 2.45) is 0 Å². The Labute approximate surface area is 96.3 Å². The van der Waals surface area contributed by atoms with Gasteiger partial charge in [-0.2, -0.15) is 0 Å². The van der Waals surface area contributed by atoms with Crippen molar-refractivity contribution < 1.29 is 19.4 Å². The number of hydrogen-bond donors (Lipinski definition) is 1. The first kappa shape index (κ1) is 13.4. The summed E-state index contributed by atoms with van der Waals surface area (Å²) < 4.78 is 10.2. The quantitative estimate of drug-likeness (QED) is 0.676. The van der Waals surface area contributed by atoms with Crippen LogP contribution in [0.3, 0.4) is 0 Å². The van der Waals surface area contributed by atoms with Gasteiger partial charge in [0.1, 0.15) is 6.04 Å². The predicted molar refractivity (Wildman–Crippen MR) is 59.1 cm³/mol. The largest absolute Gasteiger partial charge is 0.468 e. The molecule has 1 heterocycles. The molecule has 0 aromatic rings. The summed E-state index contributed by atoms with van der Waals surface area (Å²) in [5.74, 6) is -0.185. The van der Waals surface area contributed by atoms with Gasteiger partial charge in [0.15, 0.2) is 0 Å². The summed E-state index contributed by atoms with van der Waals surface area (Å²) in [6.07, 6.45) is 2.02. The molecule has 1 N–H and O–H groups in total. The van der Waals surface area contributed by atoms with E-state index in [1.165, 1.54) is 7.11 Å². The summed E-state index contributed by atoms with van der Waals surface area (Å²) in [6.45, 7) is 4.01. The maximum atomic E-state index is 11.3. The predicted octanol–water partition coefficient (Wildman–Crippen LogP) is 0.0212. The molecule has 5 heteroatoms. The fraction of sp³-hybridized carbons (Fsp3) is 0.909. The van der Waals surface area contributed by atoms with E-state index in [9.17, 15) is 4.79 Å². The summed E-state index contributed by atoms with van der Waals surface area (Å²) in [5, 5.41) is 8.65. The van der Waals surface area contributed by atoms with Crippen molar-refractivity contribution in [3.63, 3.8) is 0 Å². The Hall–Kier alpha value is -0.650. The fourth-order valence-corrected chi connectivity index (χ4v) is 1.97. The molecule has 1 saturated heterocycles. The Morgan fingerprint density at radius 1 is 1.50 bits per heavy atom. The van der Waals surface area contributed by atoms with Crippen LogP contribution in [0.2, 0.25) is 0 Å². The molecule has 1 unspecified atom stereocenters. The zero-order valence-electron chi connectivity index (χ0n) is 10.0. The first-order chi connectivity index (χ1) is 7.69. The third kappa shape index (κ3) is 3.73. The average Bonchev–Trinajstić information content (AvgIpc) is 2.35. The lowest BCUT2D eigenvalue weighted by molar-refractivity contribution is -0.147. The van der Waals surface area contributed by atoms with E-state index in [2.05, 4.69) is 4.90 Å². The molecule has 0 amide bonds. The van der Waals surface area contributed by atoms with Crippen LogP contribution in [-0.4, -0.2) is 61.5 Å². The number of esters is 1. The van der Waals surface area contributed by atoms with Gasteiger partial charge in [0.2, 0.25) is 0 Å². The molecule has 16 heavy (non-hydrogen) atoms. The first-order valence-electron chi connectivity index (χ1n) is 5.73. The summed E-state index contributed by atoms with van der Waals surface area (Å²) in [6, 6.07) is -0.177. The number of piperidine rings is 1. The lowest BCUT2D eigenvalue weighted by Crippen LogP contribution is -2.46. The molecule has 0 aromatic carbocycles. The summed E-state index contributed by atoms with van der Waals surface area (Å²) in [7, 11) is 1.41. The summed E-state index contributed by atoms with van der Waals surface area (Å²) in [5.41, 5.74) is 0. The lowest BCUT2D eigenvalue weighted by atomic mass is 10.1. The Morgan fingerprint density at radius 2 is 2.12 bits per heavy atom. The van der Waals surface area contributed by atoms with Gasteiger partial charge in [-0.05, 0) is 19.8 Å². The molecule has 1 aliphatic heterocycles. The molecule has 5 nitrogen and oxygen atoms in total. The Balaban J connectivity index is 2.28. The second-order valence-corrected chi connectivity index (χ2v) is 4.03. The number of carbonyl (C=O) groups excluding carboxylic acids is 1. The molecule has 0 spiro atoms. The van der Waals surface area contributed by atoms with Gasteiger partial charge in [0.25, 0.3) is 0 Å². The number of aliphatic hydroxyl groups excluding tert-OH is 1. The van der Waals surface area contributed by atoms with Crippen LogP contribution in [0.1, 0.15) is 19.8 Å². The van der Waals surface area contributed by atoms with Crippen molar-refractivity contribution >= 4 is 5.97 Å². The van der Waals surface area contributed by atoms with Gasteiger partial charge in [-0.15, -0.1) is 0 Å². The highest BCUT2D eigenvalue weighted by Crippen LogP contribution is 2.16. The maximum absolute atomic E-state index is 11.3. The standard InChI is InChI=1S/C11H21NO4/c1-9(11(14)15-2)12-5-3-10(4-6-12)16-8-7-13/h9-10,13H,3-8H2,1-2H3. The van der Waals surface area contributed by atoms with Crippen LogP contribution in [0.25, 0.3) is 0 Å². The van der Waals surface area contributed by atoms with Crippen molar-refractivity contribution in [2.45, 2.75) is 31.9 Å².